The van der Waals surface area contributed by atoms with E-state index in [1.807, 2.05) is 30.3 Å². The molecule has 0 fully saturated rings. The molecule has 3 heteroatoms. The first kappa shape index (κ1) is 13.5. The predicted molar refractivity (Wildman–Crippen MR) is 78.3 cm³/mol. The van der Waals surface area contributed by atoms with Crippen molar-refractivity contribution in [2.75, 3.05) is 5.75 Å². The Balaban J connectivity index is 1.98. The Kier molecular flexibility index (Phi) is 4.70. The van der Waals surface area contributed by atoms with Gasteiger partial charge in [0.15, 0.2) is 0 Å². The van der Waals surface area contributed by atoms with Gasteiger partial charge >= 0.3 is 0 Å². The van der Waals surface area contributed by atoms with Gasteiger partial charge < -0.3 is 5.11 Å². The maximum absolute atomic E-state index is 10.1. The molecule has 1 nitrogen and oxygen atoms in total. The average molecular weight is 279 g/mol. The third-order valence-corrected chi connectivity index (χ3v) is 3.94. The Morgan fingerprint density at radius 1 is 1.17 bits per heavy atom. The third-order valence-electron chi connectivity index (χ3n) is 2.63. The van der Waals surface area contributed by atoms with Gasteiger partial charge in [0.05, 0.1) is 6.10 Å². The summed E-state index contributed by atoms with van der Waals surface area (Å²) in [6.45, 7) is 2.07. The Hall–Kier alpha value is -0.960. The molecule has 2 rings (SSSR count). The van der Waals surface area contributed by atoms with Crippen molar-refractivity contribution < 1.29 is 5.11 Å². The highest BCUT2D eigenvalue weighted by molar-refractivity contribution is 7.99. The molecule has 0 aliphatic carbocycles. The van der Waals surface area contributed by atoms with Gasteiger partial charge in [-0.2, -0.15) is 0 Å². The summed E-state index contributed by atoms with van der Waals surface area (Å²) >= 11 is 7.56. The van der Waals surface area contributed by atoms with Gasteiger partial charge in [-0.1, -0.05) is 41.4 Å². The lowest BCUT2D eigenvalue weighted by Gasteiger charge is -2.11. The first-order valence-electron chi connectivity index (χ1n) is 5.78. The largest absolute Gasteiger partial charge is 0.388 e. The number of rotatable bonds is 4. The summed E-state index contributed by atoms with van der Waals surface area (Å²) < 4.78 is 0. The summed E-state index contributed by atoms with van der Waals surface area (Å²) in [5, 5.41) is 10.8. The number of hydrogen-bond donors (Lipinski definition) is 1. The molecule has 0 saturated heterocycles. The molecule has 1 atom stereocenters. The minimum atomic E-state index is -0.491. The molecule has 0 saturated carbocycles. The van der Waals surface area contributed by atoms with Crippen LogP contribution in [0.1, 0.15) is 17.2 Å². The second-order valence-corrected chi connectivity index (χ2v) is 5.73. The molecule has 2 aromatic carbocycles. The maximum atomic E-state index is 10.1. The van der Waals surface area contributed by atoms with Gasteiger partial charge in [-0.25, -0.2) is 0 Å². The third kappa shape index (κ3) is 3.77. The molecule has 0 heterocycles. The molecule has 0 bridgehead atoms. The highest BCUT2D eigenvalue weighted by Crippen LogP contribution is 2.26. The van der Waals surface area contributed by atoms with Crippen LogP contribution in [-0.2, 0) is 0 Å². The number of aliphatic hydroxyl groups is 1. The summed E-state index contributed by atoms with van der Waals surface area (Å²) in [5.41, 5.74) is 2.10. The highest BCUT2D eigenvalue weighted by atomic mass is 35.5. The fourth-order valence-electron chi connectivity index (χ4n) is 1.69. The van der Waals surface area contributed by atoms with Crippen LogP contribution in [0.2, 0.25) is 5.02 Å². The number of hydrogen-bond acceptors (Lipinski definition) is 2. The van der Waals surface area contributed by atoms with E-state index >= 15 is 0 Å². The Bertz CT molecular complexity index is 527. The van der Waals surface area contributed by atoms with Crippen molar-refractivity contribution in [2.24, 2.45) is 0 Å². The fraction of sp³-hybridized carbons (Fsp3) is 0.200. The van der Waals surface area contributed by atoms with Crippen LogP contribution in [0.15, 0.2) is 53.4 Å². The molecule has 94 valence electrons. The first-order valence-corrected chi connectivity index (χ1v) is 7.14. The van der Waals surface area contributed by atoms with Gasteiger partial charge in [-0.05, 0) is 36.8 Å². The maximum Gasteiger partial charge on any atom is 0.0884 e. The van der Waals surface area contributed by atoms with E-state index < -0.39 is 6.10 Å². The average Bonchev–Trinajstić information content (AvgIpc) is 2.36. The zero-order valence-electron chi connectivity index (χ0n) is 10.1. The van der Waals surface area contributed by atoms with Crippen LogP contribution < -0.4 is 0 Å². The van der Waals surface area contributed by atoms with Crippen molar-refractivity contribution in [3.8, 4) is 0 Å². The summed E-state index contributed by atoms with van der Waals surface area (Å²) in [6, 6.07) is 15.7. The summed E-state index contributed by atoms with van der Waals surface area (Å²) in [7, 11) is 0. The molecule has 18 heavy (non-hydrogen) atoms. The topological polar surface area (TPSA) is 20.2 Å². The molecule has 0 amide bonds. The number of thioether (sulfide) groups is 1. The van der Waals surface area contributed by atoms with E-state index in [0.717, 1.165) is 5.56 Å². The lowest BCUT2D eigenvalue weighted by atomic mass is 10.1. The summed E-state index contributed by atoms with van der Waals surface area (Å²) in [5.74, 6) is 0.629. The summed E-state index contributed by atoms with van der Waals surface area (Å²) in [6.07, 6.45) is -0.491. The van der Waals surface area contributed by atoms with Crippen molar-refractivity contribution in [3.63, 3.8) is 0 Å². The molecule has 0 aliphatic rings. The van der Waals surface area contributed by atoms with E-state index in [0.29, 0.717) is 10.8 Å². The molecular weight excluding hydrogens is 264 g/mol. The van der Waals surface area contributed by atoms with Crippen LogP contribution in [0.3, 0.4) is 0 Å². The van der Waals surface area contributed by atoms with Gasteiger partial charge in [0.25, 0.3) is 0 Å². The van der Waals surface area contributed by atoms with Crippen LogP contribution in [0.4, 0.5) is 0 Å². The van der Waals surface area contributed by atoms with Crippen LogP contribution in [0, 0.1) is 6.92 Å². The molecule has 2 aromatic rings. The van der Waals surface area contributed by atoms with Crippen molar-refractivity contribution in [1.82, 2.24) is 0 Å². The highest BCUT2D eigenvalue weighted by Gasteiger charge is 2.08. The number of aryl methyl sites for hydroxylation is 1. The Morgan fingerprint density at radius 2 is 1.94 bits per heavy atom. The zero-order chi connectivity index (χ0) is 13.0. The summed E-state index contributed by atoms with van der Waals surface area (Å²) in [4.78, 5) is 1.18. The van der Waals surface area contributed by atoms with Crippen molar-refractivity contribution in [1.29, 1.82) is 0 Å². The van der Waals surface area contributed by atoms with Crippen LogP contribution in [-0.4, -0.2) is 10.9 Å². The van der Waals surface area contributed by atoms with Gasteiger partial charge in [-0.3, -0.25) is 0 Å². The second-order valence-electron chi connectivity index (χ2n) is 4.20. The molecular formula is C15H15ClOS. The molecule has 0 aliphatic heterocycles. The second kappa shape index (κ2) is 6.28. The number of aliphatic hydroxyl groups excluding tert-OH is 1. The molecule has 0 spiro atoms. The lowest BCUT2D eigenvalue weighted by molar-refractivity contribution is 0.204. The van der Waals surface area contributed by atoms with E-state index in [-0.39, 0.29) is 0 Å². The van der Waals surface area contributed by atoms with Crippen molar-refractivity contribution in [3.05, 3.63) is 64.7 Å². The monoisotopic (exact) mass is 278 g/mol. The van der Waals surface area contributed by atoms with E-state index in [4.69, 9.17) is 11.6 Å². The van der Waals surface area contributed by atoms with Crippen LogP contribution in [0.5, 0.6) is 0 Å². The minimum absolute atomic E-state index is 0.491. The normalized spacial score (nSPS) is 12.4. The fourth-order valence-corrected chi connectivity index (χ4v) is 2.88. The van der Waals surface area contributed by atoms with Crippen molar-refractivity contribution in [2.45, 2.75) is 17.9 Å². The number of benzene rings is 2. The van der Waals surface area contributed by atoms with Gasteiger partial charge in [0.1, 0.15) is 0 Å². The van der Waals surface area contributed by atoms with Crippen LogP contribution in [0.25, 0.3) is 0 Å². The predicted octanol–water partition coefficient (Wildman–Crippen LogP) is 4.47. The minimum Gasteiger partial charge on any atom is -0.388 e. The first-order chi connectivity index (χ1) is 8.65. The SMILES string of the molecule is Cc1cccc(SCC(O)c2cccc(Cl)c2)c1. The lowest BCUT2D eigenvalue weighted by Crippen LogP contribution is -2.00. The molecule has 1 unspecified atom stereocenters. The van der Waals surface area contributed by atoms with E-state index in [9.17, 15) is 5.11 Å². The zero-order valence-corrected chi connectivity index (χ0v) is 11.7. The Morgan fingerprint density at radius 3 is 2.67 bits per heavy atom. The van der Waals surface area contributed by atoms with Crippen molar-refractivity contribution >= 4 is 23.4 Å². The Labute approximate surface area is 117 Å². The van der Waals surface area contributed by atoms with Gasteiger partial charge in [0, 0.05) is 15.7 Å². The smallest absolute Gasteiger partial charge is 0.0884 e. The molecule has 0 aromatic heterocycles. The van der Waals surface area contributed by atoms with Gasteiger partial charge in [0.2, 0.25) is 0 Å². The number of halogens is 1. The standard InChI is InChI=1S/C15H15ClOS/c1-11-4-2-7-14(8-11)18-10-15(17)12-5-3-6-13(16)9-12/h2-9,15,17H,10H2,1H3. The quantitative estimate of drug-likeness (QED) is 0.833. The van der Waals surface area contributed by atoms with E-state index in [1.54, 1.807) is 11.8 Å². The molecule has 0 radical (unpaired) electrons. The van der Waals surface area contributed by atoms with Gasteiger partial charge in [-0.15, -0.1) is 11.8 Å². The van der Waals surface area contributed by atoms with Crippen LogP contribution >= 0.6 is 23.4 Å². The molecule has 1 N–H and O–H groups in total. The van der Waals surface area contributed by atoms with E-state index in [2.05, 4.69) is 25.1 Å². The van der Waals surface area contributed by atoms with E-state index in [1.165, 1.54) is 10.5 Å².